The third-order valence-electron chi connectivity index (χ3n) is 6.42. The topological polar surface area (TPSA) is 30.9 Å². The lowest BCUT2D eigenvalue weighted by Crippen LogP contribution is -2.39. The van der Waals surface area contributed by atoms with E-state index in [9.17, 15) is 0 Å². The van der Waals surface area contributed by atoms with Crippen molar-refractivity contribution in [3.05, 3.63) is 94.6 Å². The smallest absolute Gasteiger partial charge is 0.180 e. The Morgan fingerprint density at radius 3 is 2.32 bits per heavy atom. The van der Waals surface area contributed by atoms with Crippen molar-refractivity contribution in [2.24, 2.45) is 0 Å². The fraction of sp³-hybridized carbons (Fsp3) is 0.394. The van der Waals surface area contributed by atoms with Crippen LogP contribution in [-0.2, 0) is 19.4 Å². The molecule has 0 saturated heterocycles. The quantitative estimate of drug-likeness (QED) is 0.233. The van der Waals surface area contributed by atoms with E-state index in [1.54, 1.807) is 7.11 Å². The number of fused-ring (bicyclic) bond motifs is 4. The summed E-state index contributed by atoms with van der Waals surface area (Å²) >= 11 is 1.38. The third-order valence-corrected chi connectivity index (χ3v) is 7.15. The number of ether oxygens (including phenoxy) is 2. The highest BCUT2D eigenvalue weighted by atomic mass is 32.2. The molecule has 0 aromatic heterocycles. The molecule has 0 radical (unpaired) electrons. The zero-order chi connectivity index (χ0) is 27.7. The first-order valence-corrected chi connectivity index (χ1v) is 14.3. The highest BCUT2D eigenvalue weighted by Crippen LogP contribution is 2.43. The first kappa shape index (κ1) is 29.7. The lowest BCUT2D eigenvalue weighted by atomic mass is 9.84. The molecule has 1 atom stereocenters. The molecule has 2 aliphatic heterocycles. The van der Waals surface area contributed by atoms with E-state index >= 15 is 0 Å². The second-order valence-corrected chi connectivity index (χ2v) is 10.5. The molecule has 0 aliphatic carbocycles. The fourth-order valence-electron chi connectivity index (χ4n) is 4.72. The maximum absolute atomic E-state index is 6.18. The van der Waals surface area contributed by atoms with Crippen LogP contribution in [0.5, 0.6) is 17.2 Å². The van der Waals surface area contributed by atoms with Gasteiger partial charge in [0.15, 0.2) is 11.5 Å². The molecule has 2 aliphatic rings. The van der Waals surface area contributed by atoms with Crippen LogP contribution in [0.4, 0.5) is 0 Å². The van der Waals surface area contributed by atoms with Gasteiger partial charge in [-0.3, -0.25) is 4.90 Å². The van der Waals surface area contributed by atoms with Gasteiger partial charge in [-0.25, -0.2) is 0 Å². The maximum Gasteiger partial charge on any atom is 0.180 e. The van der Waals surface area contributed by atoms with Crippen molar-refractivity contribution in [2.75, 3.05) is 20.3 Å². The summed E-state index contributed by atoms with van der Waals surface area (Å²) in [7, 11) is 1.74. The SMILES string of the molecule is C=C(C)C.CC.CCOc1cc2c(cc1OSc1ccc(C)cc1)CC1c3ccc(OC)cc3CCN1C2. The summed E-state index contributed by atoms with van der Waals surface area (Å²) in [6, 6.07) is 19.7. The summed E-state index contributed by atoms with van der Waals surface area (Å²) in [5, 5.41) is 0. The summed E-state index contributed by atoms with van der Waals surface area (Å²) in [4.78, 5) is 3.67. The molecule has 0 spiro atoms. The Labute approximate surface area is 234 Å². The minimum Gasteiger partial charge on any atom is -0.497 e. The Morgan fingerprint density at radius 2 is 1.66 bits per heavy atom. The summed E-state index contributed by atoms with van der Waals surface area (Å²) in [6.45, 7) is 18.2. The van der Waals surface area contributed by atoms with Gasteiger partial charge in [-0.1, -0.05) is 43.2 Å². The predicted molar refractivity (Wildman–Crippen MR) is 161 cm³/mol. The molecule has 0 N–H and O–H groups in total. The molecule has 204 valence electrons. The Balaban J connectivity index is 0.000000612. The van der Waals surface area contributed by atoms with Gasteiger partial charge in [-0.2, -0.15) is 0 Å². The first-order chi connectivity index (χ1) is 18.4. The highest BCUT2D eigenvalue weighted by molar-refractivity contribution is 7.95. The largest absolute Gasteiger partial charge is 0.497 e. The zero-order valence-electron chi connectivity index (χ0n) is 24.1. The van der Waals surface area contributed by atoms with E-state index in [1.165, 1.54) is 45.4 Å². The molecule has 0 amide bonds. The first-order valence-electron chi connectivity index (χ1n) is 13.6. The average Bonchev–Trinajstić information content (AvgIpc) is 2.92. The van der Waals surface area contributed by atoms with Crippen LogP contribution in [0.3, 0.4) is 0 Å². The second kappa shape index (κ2) is 14.3. The standard InChI is InChI=1S/C27H29NO3S.C4H8.C2H6/c1-4-30-26-16-21-17-28-12-11-19-13-22(29-3)7-10-24(19)25(28)14-20(21)15-27(26)31-32-23-8-5-18(2)6-9-23;1-4(2)3;1-2/h5-10,13,15-16,25H,4,11-12,14,17H2,1-3H3;1H2,2-3H3;1-2H3. The van der Waals surface area contributed by atoms with Gasteiger partial charge in [0.25, 0.3) is 0 Å². The molecular formula is C33H43NO3S. The molecule has 0 bridgehead atoms. The van der Waals surface area contributed by atoms with Gasteiger partial charge >= 0.3 is 0 Å². The van der Waals surface area contributed by atoms with Gasteiger partial charge < -0.3 is 13.7 Å². The molecule has 2 heterocycles. The average molecular weight is 534 g/mol. The van der Waals surface area contributed by atoms with Gasteiger partial charge in [-0.15, -0.1) is 6.58 Å². The molecule has 5 heteroatoms. The molecule has 3 aromatic rings. The van der Waals surface area contributed by atoms with Gasteiger partial charge in [0.2, 0.25) is 0 Å². The van der Waals surface area contributed by atoms with Crippen LogP contribution in [0.1, 0.15) is 68.5 Å². The van der Waals surface area contributed by atoms with Crippen molar-refractivity contribution < 1.29 is 13.7 Å². The van der Waals surface area contributed by atoms with Crippen LogP contribution >= 0.6 is 12.0 Å². The zero-order valence-corrected chi connectivity index (χ0v) is 24.9. The second-order valence-electron chi connectivity index (χ2n) is 9.69. The van der Waals surface area contributed by atoms with Gasteiger partial charge in [0, 0.05) is 24.0 Å². The monoisotopic (exact) mass is 533 g/mol. The van der Waals surface area contributed by atoms with Crippen molar-refractivity contribution in [2.45, 2.75) is 71.9 Å². The van der Waals surface area contributed by atoms with Gasteiger partial charge in [0.1, 0.15) is 5.75 Å². The predicted octanol–water partition coefficient (Wildman–Crippen LogP) is 8.75. The molecule has 3 aromatic carbocycles. The van der Waals surface area contributed by atoms with E-state index < -0.39 is 0 Å². The highest BCUT2D eigenvalue weighted by Gasteiger charge is 2.33. The van der Waals surface area contributed by atoms with E-state index in [1.807, 2.05) is 34.6 Å². The fourth-order valence-corrected chi connectivity index (χ4v) is 5.29. The minimum absolute atomic E-state index is 0.396. The number of hydrogen-bond acceptors (Lipinski definition) is 5. The van der Waals surface area contributed by atoms with Crippen molar-refractivity contribution in [1.29, 1.82) is 0 Å². The van der Waals surface area contributed by atoms with Crippen LogP contribution in [0.2, 0.25) is 0 Å². The summed E-state index contributed by atoms with van der Waals surface area (Å²) in [5.41, 5.74) is 7.93. The summed E-state index contributed by atoms with van der Waals surface area (Å²) in [5.74, 6) is 2.57. The Morgan fingerprint density at radius 1 is 0.974 bits per heavy atom. The van der Waals surface area contributed by atoms with E-state index in [0.29, 0.717) is 12.6 Å². The summed E-state index contributed by atoms with van der Waals surface area (Å²) < 4.78 is 17.6. The van der Waals surface area contributed by atoms with E-state index in [0.717, 1.165) is 48.1 Å². The van der Waals surface area contributed by atoms with Crippen LogP contribution in [-0.4, -0.2) is 25.2 Å². The normalized spacial score (nSPS) is 15.3. The van der Waals surface area contributed by atoms with Crippen LogP contribution in [0, 0.1) is 6.92 Å². The minimum atomic E-state index is 0.396. The van der Waals surface area contributed by atoms with Crippen molar-refractivity contribution in [3.63, 3.8) is 0 Å². The Hall–Kier alpha value is -2.89. The molecule has 38 heavy (non-hydrogen) atoms. The number of benzene rings is 3. The van der Waals surface area contributed by atoms with E-state index in [2.05, 4.69) is 73.0 Å². The van der Waals surface area contributed by atoms with Crippen molar-refractivity contribution in [3.8, 4) is 17.2 Å². The van der Waals surface area contributed by atoms with Crippen molar-refractivity contribution >= 4 is 12.0 Å². The Bertz CT molecular complexity index is 1200. The number of methoxy groups -OCH3 is 1. The van der Waals surface area contributed by atoms with Crippen LogP contribution < -0.4 is 13.7 Å². The van der Waals surface area contributed by atoms with Crippen LogP contribution in [0.25, 0.3) is 0 Å². The van der Waals surface area contributed by atoms with Crippen molar-refractivity contribution in [1.82, 2.24) is 4.90 Å². The van der Waals surface area contributed by atoms with E-state index in [4.69, 9.17) is 13.7 Å². The number of nitrogens with zero attached hydrogens (tertiary/aromatic N) is 1. The molecule has 4 nitrogen and oxygen atoms in total. The lowest BCUT2D eigenvalue weighted by molar-refractivity contribution is 0.160. The molecule has 0 saturated carbocycles. The molecular weight excluding hydrogens is 490 g/mol. The van der Waals surface area contributed by atoms with Gasteiger partial charge in [0.05, 0.1) is 25.8 Å². The number of aryl methyl sites for hydroxylation is 1. The maximum atomic E-state index is 6.18. The molecule has 0 fully saturated rings. The Kier molecular flexibility index (Phi) is 11.2. The lowest BCUT2D eigenvalue weighted by Gasteiger charge is -2.41. The van der Waals surface area contributed by atoms with Crippen LogP contribution in [0.15, 0.2) is 71.6 Å². The van der Waals surface area contributed by atoms with Gasteiger partial charge in [-0.05, 0) is 99.2 Å². The third kappa shape index (κ3) is 7.58. The van der Waals surface area contributed by atoms with E-state index in [-0.39, 0.29) is 0 Å². The number of rotatable bonds is 6. The number of hydrogen-bond donors (Lipinski definition) is 0. The molecule has 1 unspecified atom stereocenters. The number of allylic oxidation sites excluding steroid dienone is 1. The summed E-state index contributed by atoms with van der Waals surface area (Å²) in [6.07, 6.45) is 2.04. The molecule has 5 rings (SSSR count).